The lowest BCUT2D eigenvalue weighted by atomic mass is 9.97. The third-order valence-corrected chi connectivity index (χ3v) is 5.70. The lowest BCUT2D eigenvalue weighted by molar-refractivity contribution is -0.124. The number of thiophene rings is 1. The summed E-state index contributed by atoms with van der Waals surface area (Å²) >= 11 is 1.73. The second-order valence-corrected chi connectivity index (χ2v) is 8.26. The number of hydrogen-bond donors (Lipinski definition) is 2. The Hall–Kier alpha value is -2.14. The van der Waals surface area contributed by atoms with Crippen molar-refractivity contribution in [3.05, 3.63) is 57.3 Å². The summed E-state index contributed by atoms with van der Waals surface area (Å²) in [6, 6.07) is 10.5. The van der Waals surface area contributed by atoms with E-state index in [0.29, 0.717) is 5.56 Å². The fourth-order valence-corrected chi connectivity index (χ4v) is 4.00. The molecule has 0 saturated heterocycles. The Labute approximate surface area is 160 Å². The number of rotatable bonds is 7. The Morgan fingerprint density at radius 2 is 1.73 bits per heavy atom. The van der Waals surface area contributed by atoms with Gasteiger partial charge in [-0.15, -0.1) is 11.3 Å². The molecule has 0 aliphatic carbocycles. The fraction of sp³-hybridized carbons (Fsp3) is 0.429. The van der Waals surface area contributed by atoms with Crippen molar-refractivity contribution in [2.24, 2.45) is 5.92 Å². The van der Waals surface area contributed by atoms with Crippen LogP contribution in [-0.4, -0.2) is 17.9 Å². The Balaban J connectivity index is 2.11. The molecule has 2 rings (SSSR count). The number of nitrogens with one attached hydrogen (secondary N) is 2. The van der Waals surface area contributed by atoms with Crippen molar-refractivity contribution in [1.82, 2.24) is 10.6 Å². The van der Waals surface area contributed by atoms with E-state index in [9.17, 15) is 9.59 Å². The summed E-state index contributed by atoms with van der Waals surface area (Å²) in [5.74, 6) is -0.319. The maximum atomic E-state index is 12.9. The highest BCUT2D eigenvalue weighted by Gasteiger charge is 2.27. The van der Waals surface area contributed by atoms with Crippen molar-refractivity contribution in [2.75, 3.05) is 0 Å². The highest BCUT2D eigenvalue weighted by Crippen LogP contribution is 2.26. The summed E-state index contributed by atoms with van der Waals surface area (Å²) in [5, 5.41) is 5.99. The average Bonchev–Trinajstić information content (AvgIpc) is 2.97. The molecule has 0 bridgehead atoms. The van der Waals surface area contributed by atoms with Crippen LogP contribution < -0.4 is 10.6 Å². The monoisotopic (exact) mass is 372 g/mol. The minimum absolute atomic E-state index is 0.0418. The van der Waals surface area contributed by atoms with Crippen molar-refractivity contribution < 1.29 is 9.59 Å². The molecule has 1 heterocycles. The lowest BCUT2D eigenvalue weighted by Crippen LogP contribution is -2.50. The van der Waals surface area contributed by atoms with Gasteiger partial charge in [-0.1, -0.05) is 38.5 Å². The summed E-state index contributed by atoms with van der Waals surface area (Å²) in [6.07, 6.45) is 0.804. The van der Waals surface area contributed by atoms with Gasteiger partial charge in [-0.2, -0.15) is 0 Å². The molecule has 1 aromatic carbocycles. The van der Waals surface area contributed by atoms with Crippen LogP contribution in [0.25, 0.3) is 0 Å². The standard InChI is InChI=1S/C21H28N2O2S/c1-6-13(2)19(23-20(24)17-10-8-7-9-11-17)21(25)22-15(4)18-12-14(3)26-16(18)5/h7-13,15,19H,6H2,1-5H3,(H,22,25)(H,23,24). The van der Waals surface area contributed by atoms with E-state index < -0.39 is 6.04 Å². The predicted molar refractivity (Wildman–Crippen MR) is 108 cm³/mol. The zero-order valence-corrected chi connectivity index (χ0v) is 16.9. The Kier molecular flexibility index (Phi) is 6.98. The second-order valence-electron chi connectivity index (χ2n) is 6.80. The van der Waals surface area contributed by atoms with Crippen LogP contribution in [0.5, 0.6) is 0 Å². The van der Waals surface area contributed by atoms with E-state index in [2.05, 4.69) is 30.5 Å². The van der Waals surface area contributed by atoms with Gasteiger partial charge in [0.2, 0.25) is 5.91 Å². The van der Waals surface area contributed by atoms with Gasteiger partial charge in [-0.3, -0.25) is 9.59 Å². The van der Waals surface area contributed by atoms with E-state index in [1.165, 1.54) is 9.75 Å². The van der Waals surface area contributed by atoms with Crippen molar-refractivity contribution in [2.45, 2.75) is 53.1 Å². The van der Waals surface area contributed by atoms with Gasteiger partial charge in [0.15, 0.2) is 0 Å². The smallest absolute Gasteiger partial charge is 0.251 e. The topological polar surface area (TPSA) is 58.2 Å². The molecule has 0 spiro atoms. The molecular formula is C21H28N2O2S. The number of benzene rings is 1. The molecule has 1 aromatic heterocycles. The van der Waals surface area contributed by atoms with E-state index in [4.69, 9.17) is 0 Å². The first-order chi connectivity index (χ1) is 12.3. The van der Waals surface area contributed by atoms with E-state index in [1.54, 1.807) is 23.5 Å². The van der Waals surface area contributed by atoms with E-state index >= 15 is 0 Å². The van der Waals surface area contributed by atoms with Crippen LogP contribution in [0, 0.1) is 19.8 Å². The van der Waals surface area contributed by atoms with Crippen molar-refractivity contribution in [3.63, 3.8) is 0 Å². The van der Waals surface area contributed by atoms with Gasteiger partial charge in [0, 0.05) is 15.3 Å². The number of carbonyl (C=O) groups is 2. The maximum Gasteiger partial charge on any atom is 0.251 e. The minimum atomic E-state index is -0.560. The second kappa shape index (κ2) is 8.99. The molecule has 2 aromatic rings. The molecule has 26 heavy (non-hydrogen) atoms. The SMILES string of the molecule is CCC(C)C(NC(=O)c1ccccc1)C(=O)NC(C)c1cc(C)sc1C. The van der Waals surface area contributed by atoms with Gasteiger partial charge < -0.3 is 10.6 Å². The predicted octanol–water partition coefficient (Wildman–Crippen LogP) is 4.39. The van der Waals surface area contributed by atoms with Gasteiger partial charge >= 0.3 is 0 Å². The highest BCUT2D eigenvalue weighted by molar-refractivity contribution is 7.12. The Morgan fingerprint density at radius 1 is 1.08 bits per heavy atom. The van der Waals surface area contributed by atoms with Gasteiger partial charge in [-0.25, -0.2) is 0 Å². The van der Waals surface area contributed by atoms with Gasteiger partial charge in [0.1, 0.15) is 6.04 Å². The molecule has 140 valence electrons. The number of aryl methyl sites for hydroxylation is 2. The fourth-order valence-electron chi connectivity index (χ4n) is 2.98. The molecular weight excluding hydrogens is 344 g/mol. The molecule has 0 aliphatic rings. The molecule has 4 nitrogen and oxygen atoms in total. The molecule has 0 aliphatic heterocycles. The van der Waals surface area contributed by atoms with Crippen molar-refractivity contribution >= 4 is 23.2 Å². The first-order valence-electron chi connectivity index (χ1n) is 9.06. The van der Waals surface area contributed by atoms with Gasteiger partial charge in [0.05, 0.1) is 6.04 Å². The highest BCUT2D eigenvalue weighted by atomic mass is 32.1. The van der Waals surface area contributed by atoms with Crippen molar-refractivity contribution in [3.8, 4) is 0 Å². The normalized spacial score (nSPS) is 14.3. The molecule has 0 saturated carbocycles. The molecule has 0 radical (unpaired) electrons. The first kappa shape index (κ1) is 20.2. The maximum absolute atomic E-state index is 12.9. The van der Waals surface area contributed by atoms with Crippen LogP contribution in [-0.2, 0) is 4.79 Å². The molecule has 0 fully saturated rings. The Morgan fingerprint density at radius 3 is 2.27 bits per heavy atom. The van der Waals surface area contributed by atoms with E-state index in [1.807, 2.05) is 39.0 Å². The van der Waals surface area contributed by atoms with Crippen LogP contribution in [0.3, 0.4) is 0 Å². The minimum Gasteiger partial charge on any atom is -0.348 e. The molecule has 2 N–H and O–H groups in total. The van der Waals surface area contributed by atoms with E-state index in [-0.39, 0.29) is 23.8 Å². The third-order valence-electron chi connectivity index (χ3n) is 4.72. The van der Waals surface area contributed by atoms with Crippen LogP contribution >= 0.6 is 11.3 Å². The van der Waals surface area contributed by atoms with Crippen LogP contribution in [0.4, 0.5) is 0 Å². The lowest BCUT2D eigenvalue weighted by Gasteiger charge is -2.25. The first-order valence-corrected chi connectivity index (χ1v) is 9.88. The van der Waals surface area contributed by atoms with Gasteiger partial charge in [-0.05, 0) is 50.5 Å². The summed E-state index contributed by atoms with van der Waals surface area (Å²) in [5.41, 5.74) is 1.70. The molecule has 3 unspecified atom stereocenters. The molecule has 2 amide bonds. The number of carbonyl (C=O) groups excluding carboxylic acids is 2. The zero-order valence-electron chi connectivity index (χ0n) is 16.1. The third kappa shape index (κ3) is 4.94. The quantitative estimate of drug-likeness (QED) is 0.757. The van der Waals surface area contributed by atoms with Gasteiger partial charge in [0.25, 0.3) is 5.91 Å². The Bertz CT molecular complexity index is 755. The average molecular weight is 373 g/mol. The van der Waals surface area contributed by atoms with Crippen LogP contribution in [0.15, 0.2) is 36.4 Å². The number of hydrogen-bond acceptors (Lipinski definition) is 3. The largest absolute Gasteiger partial charge is 0.348 e. The number of amides is 2. The zero-order chi connectivity index (χ0) is 19.3. The van der Waals surface area contributed by atoms with Crippen molar-refractivity contribution in [1.29, 1.82) is 0 Å². The summed E-state index contributed by atoms with van der Waals surface area (Å²) in [6.45, 7) is 10.1. The van der Waals surface area contributed by atoms with Crippen LogP contribution in [0.2, 0.25) is 0 Å². The van der Waals surface area contributed by atoms with E-state index in [0.717, 1.165) is 12.0 Å². The molecule has 5 heteroatoms. The summed E-state index contributed by atoms with van der Waals surface area (Å²) in [7, 11) is 0. The molecule has 3 atom stereocenters. The van der Waals surface area contributed by atoms with Crippen LogP contribution in [0.1, 0.15) is 58.9 Å². The summed E-state index contributed by atoms with van der Waals surface area (Å²) in [4.78, 5) is 27.8. The summed E-state index contributed by atoms with van der Waals surface area (Å²) < 4.78 is 0.